The van der Waals surface area contributed by atoms with Gasteiger partial charge in [0, 0.05) is 5.56 Å². The number of nitrogens with one attached hydrogen (secondary N) is 2. The zero-order valence-electron chi connectivity index (χ0n) is 13.0. The number of aromatic amines is 2. The largest absolute Gasteiger partial charge is 0.477 e. The molecule has 1 aromatic carbocycles. The Morgan fingerprint density at radius 3 is 2.65 bits per heavy atom. The molecule has 0 spiro atoms. The summed E-state index contributed by atoms with van der Waals surface area (Å²) in [6.45, 7) is 0.0505. The first kappa shape index (κ1) is 15.9. The number of carboxylic acids is 1. The zero-order chi connectivity index (χ0) is 18.3. The van der Waals surface area contributed by atoms with E-state index in [1.54, 1.807) is 24.3 Å². The van der Waals surface area contributed by atoms with Crippen LogP contribution in [-0.4, -0.2) is 41.3 Å². The number of aromatic carboxylic acids is 1. The summed E-state index contributed by atoms with van der Waals surface area (Å²) < 4.78 is 1.03. The zero-order valence-corrected chi connectivity index (χ0v) is 13.8. The Bertz CT molecular complexity index is 1220. The molecule has 0 aliphatic heterocycles. The summed E-state index contributed by atoms with van der Waals surface area (Å²) in [5, 5.41) is 22.8. The third-order valence-corrected chi connectivity index (χ3v) is 4.82. The molecule has 0 radical (unpaired) electrons. The summed E-state index contributed by atoms with van der Waals surface area (Å²) in [5.41, 5.74) is 0.333. The van der Waals surface area contributed by atoms with Crippen LogP contribution in [0.3, 0.4) is 0 Å². The SMILES string of the molecule is O=C(O)c1cc2c(=O)n(Cc3ccc(-c4nn[nH]n4)cc3)c(=O)[nH]c2s1. The number of hydrogen-bond acceptors (Lipinski definition) is 7. The molecule has 10 nitrogen and oxygen atoms in total. The number of carbonyl (C=O) groups is 1. The summed E-state index contributed by atoms with van der Waals surface area (Å²) in [4.78, 5) is 38.7. The first-order valence-corrected chi connectivity index (χ1v) is 8.17. The molecule has 0 fully saturated rings. The Morgan fingerprint density at radius 1 is 1.23 bits per heavy atom. The molecule has 0 saturated carbocycles. The highest BCUT2D eigenvalue weighted by atomic mass is 32.1. The van der Waals surface area contributed by atoms with Gasteiger partial charge >= 0.3 is 11.7 Å². The fourth-order valence-electron chi connectivity index (χ4n) is 2.52. The number of nitrogens with zero attached hydrogens (tertiary/aromatic N) is 4. The molecule has 0 amide bonds. The Labute approximate surface area is 147 Å². The van der Waals surface area contributed by atoms with E-state index in [0.717, 1.165) is 27.0 Å². The molecule has 4 aromatic rings. The number of tetrazole rings is 1. The van der Waals surface area contributed by atoms with Gasteiger partial charge in [-0.3, -0.25) is 14.3 Å². The van der Waals surface area contributed by atoms with Crippen LogP contribution in [0.2, 0.25) is 0 Å². The smallest absolute Gasteiger partial charge is 0.345 e. The lowest BCUT2D eigenvalue weighted by molar-refractivity contribution is 0.0702. The average Bonchev–Trinajstić information content (AvgIpc) is 3.29. The lowest BCUT2D eigenvalue weighted by Crippen LogP contribution is -2.34. The lowest BCUT2D eigenvalue weighted by atomic mass is 10.1. The third-order valence-electron chi connectivity index (χ3n) is 3.78. The van der Waals surface area contributed by atoms with Crippen LogP contribution in [0.25, 0.3) is 21.6 Å². The van der Waals surface area contributed by atoms with E-state index in [0.29, 0.717) is 5.82 Å². The molecule has 0 saturated heterocycles. The molecule has 4 rings (SSSR count). The first-order chi connectivity index (χ1) is 12.5. The third kappa shape index (κ3) is 2.69. The number of thiophene rings is 1. The number of aromatic nitrogens is 6. The minimum Gasteiger partial charge on any atom is -0.477 e. The van der Waals surface area contributed by atoms with Gasteiger partial charge in [0.15, 0.2) is 0 Å². The van der Waals surface area contributed by atoms with Crippen LogP contribution in [0.4, 0.5) is 0 Å². The summed E-state index contributed by atoms with van der Waals surface area (Å²) in [6, 6.07) is 8.28. The highest BCUT2D eigenvalue weighted by Gasteiger charge is 2.15. The van der Waals surface area contributed by atoms with Crippen molar-refractivity contribution >= 4 is 27.5 Å². The molecule has 0 aliphatic carbocycles. The van der Waals surface area contributed by atoms with E-state index in [9.17, 15) is 14.4 Å². The summed E-state index contributed by atoms with van der Waals surface area (Å²) >= 11 is 0.858. The second kappa shape index (κ2) is 6.04. The van der Waals surface area contributed by atoms with Crippen molar-refractivity contribution in [3.63, 3.8) is 0 Å². The van der Waals surface area contributed by atoms with Gasteiger partial charge in [0.2, 0.25) is 5.82 Å². The van der Waals surface area contributed by atoms with Gasteiger partial charge < -0.3 is 5.11 Å². The Hall–Kier alpha value is -3.60. The van der Waals surface area contributed by atoms with Crippen molar-refractivity contribution in [1.82, 2.24) is 30.2 Å². The van der Waals surface area contributed by atoms with Crippen LogP contribution < -0.4 is 11.2 Å². The van der Waals surface area contributed by atoms with Crippen LogP contribution in [0.1, 0.15) is 15.2 Å². The van der Waals surface area contributed by atoms with E-state index in [2.05, 4.69) is 25.6 Å². The second-order valence-electron chi connectivity index (χ2n) is 5.41. The number of fused-ring (bicyclic) bond motifs is 1. The Morgan fingerprint density at radius 2 is 2.00 bits per heavy atom. The summed E-state index contributed by atoms with van der Waals surface area (Å²) in [6.07, 6.45) is 0. The minimum absolute atomic E-state index is 0.00466. The molecule has 0 atom stereocenters. The Kier molecular flexibility index (Phi) is 3.69. The van der Waals surface area contributed by atoms with E-state index in [1.807, 2.05) is 0 Å². The predicted octanol–water partition coefficient (Wildman–Crippen LogP) is 0.678. The molecular weight excluding hydrogens is 360 g/mol. The molecule has 11 heteroatoms. The molecule has 0 bridgehead atoms. The van der Waals surface area contributed by atoms with Gasteiger partial charge in [-0.1, -0.05) is 24.3 Å². The lowest BCUT2D eigenvalue weighted by Gasteiger charge is -2.05. The monoisotopic (exact) mass is 370 g/mol. The van der Waals surface area contributed by atoms with E-state index in [-0.39, 0.29) is 21.6 Å². The average molecular weight is 370 g/mol. The van der Waals surface area contributed by atoms with Crippen molar-refractivity contribution in [2.45, 2.75) is 6.54 Å². The van der Waals surface area contributed by atoms with Gasteiger partial charge in [0.05, 0.1) is 11.9 Å². The van der Waals surface area contributed by atoms with Gasteiger partial charge in [-0.2, -0.15) is 5.21 Å². The normalized spacial score (nSPS) is 11.1. The maximum Gasteiger partial charge on any atom is 0.345 e. The fourth-order valence-corrected chi connectivity index (χ4v) is 3.40. The molecule has 3 N–H and O–H groups in total. The standard InChI is InChI=1S/C15H10N6O4S/c22-13-9-5-10(14(23)24)26-12(9)16-15(25)21(13)6-7-1-3-8(4-2-7)11-17-19-20-18-11/h1-5H,6H2,(H,16,25)(H,23,24)(H,17,18,19,20). The van der Waals surface area contributed by atoms with Crippen molar-refractivity contribution in [3.8, 4) is 11.4 Å². The fraction of sp³-hybridized carbons (Fsp3) is 0.0667. The van der Waals surface area contributed by atoms with Crippen molar-refractivity contribution in [2.24, 2.45) is 0 Å². The molecule has 3 heterocycles. The van der Waals surface area contributed by atoms with Gasteiger partial charge in [-0.15, -0.1) is 21.5 Å². The molecule has 26 heavy (non-hydrogen) atoms. The number of H-pyrrole nitrogens is 2. The summed E-state index contributed by atoms with van der Waals surface area (Å²) in [5.74, 6) is -0.706. The number of rotatable bonds is 4. The Balaban J connectivity index is 1.72. The van der Waals surface area contributed by atoms with Gasteiger partial charge in [-0.25, -0.2) is 9.59 Å². The topological polar surface area (TPSA) is 147 Å². The van der Waals surface area contributed by atoms with Crippen LogP contribution in [-0.2, 0) is 6.54 Å². The maximum atomic E-state index is 12.6. The molecule has 0 aliphatic rings. The van der Waals surface area contributed by atoms with Gasteiger partial charge in [0.25, 0.3) is 5.56 Å². The van der Waals surface area contributed by atoms with Crippen LogP contribution in [0.5, 0.6) is 0 Å². The highest BCUT2D eigenvalue weighted by molar-refractivity contribution is 7.20. The molecule has 0 unspecified atom stereocenters. The quantitative estimate of drug-likeness (QED) is 0.478. The van der Waals surface area contributed by atoms with Crippen LogP contribution in [0.15, 0.2) is 39.9 Å². The van der Waals surface area contributed by atoms with E-state index in [1.165, 1.54) is 6.07 Å². The number of hydrogen-bond donors (Lipinski definition) is 3. The summed E-state index contributed by atoms with van der Waals surface area (Å²) in [7, 11) is 0. The highest BCUT2D eigenvalue weighted by Crippen LogP contribution is 2.20. The maximum absolute atomic E-state index is 12.6. The van der Waals surface area contributed by atoms with Crippen LogP contribution >= 0.6 is 11.3 Å². The van der Waals surface area contributed by atoms with Crippen LogP contribution in [0, 0.1) is 0 Å². The van der Waals surface area contributed by atoms with E-state index in [4.69, 9.17) is 5.11 Å². The van der Waals surface area contributed by atoms with Crippen molar-refractivity contribution in [1.29, 1.82) is 0 Å². The molecule has 130 valence electrons. The second-order valence-corrected chi connectivity index (χ2v) is 6.46. The minimum atomic E-state index is -1.14. The first-order valence-electron chi connectivity index (χ1n) is 7.35. The number of carboxylic acid groups (broad SMARTS) is 1. The van der Waals surface area contributed by atoms with E-state index < -0.39 is 17.2 Å². The molecular formula is C15H10N6O4S. The van der Waals surface area contributed by atoms with Crippen molar-refractivity contribution < 1.29 is 9.90 Å². The van der Waals surface area contributed by atoms with Gasteiger partial charge in [0.1, 0.15) is 9.71 Å². The predicted molar refractivity (Wildman–Crippen MR) is 92.4 cm³/mol. The number of benzene rings is 1. The van der Waals surface area contributed by atoms with E-state index >= 15 is 0 Å². The van der Waals surface area contributed by atoms with Gasteiger partial charge in [-0.05, 0) is 16.8 Å². The van der Waals surface area contributed by atoms with Crippen molar-refractivity contribution in [3.05, 3.63) is 61.6 Å². The molecule has 3 aromatic heterocycles. The van der Waals surface area contributed by atoms with Crippen molar-refractivity contribution in [2.75, 3.05) is 0 Å².